The Labute approximate surface area is 160 Å². The van der Waals surface area contributed by atoms with Gasteiger partial charge in [-0.1, -0.05) is 6.07 Å². The van der Waals surface area contributed by atoms with Gasteiger partial charge in [-0.3, -0.25) is 14.5 Å². The number of aromatic nitrogens is 3. The number of hydrogen-bond donors (Lipinski definition) is 2. The molecule has 2 heterocycles. The predicted molar refractivity (Wildman–Crippen MR) is 107 cm³/mol. The Morgan fingerprint density at radius 2 is 2.00 bits per heavy atom. The van der Waals surface area contributed by atoms with Crippen molar-refractivity contribution in [3.63, 3.8) is 0 Å². The minimum atomic E-state index is -0.386. The molecule has 0 bridgehead atoms. The number of nitrogen functional groups attached to an aromatic ring is 1. The third kappa shape index (κ3) is 3.55. The summed E-state index contributed by atoms with van der Waals surface area (Å²) in [6.07, 6.45) is 4.44. The lowest BCUT2D eigenvalue weighted by molar-refractivity contribution is 0.102. The van der Waals surface area contributed by atoms with Gasteiger partial charge in [0, 0.05) is 17.1 Å². The number of carbonyl (C=O) groups is 1. The zero-order valence-electron chi connectivity index (χ0n) is 15.2. The van der Waals surface area contributed by atoms with Crippen LogP contribution >= 0.6 is 0 Å². The molecule has 7 heteroatoms. The monoisotopic (exact) mass is 375 g/mol. The topological polar surface area (TPSA) is 85.8 Å². The first-order chi connectivity index (χ1) is 13.5. The van der Waals surface area contributed by atoms with Crippen molar-refractivity contribution in [3.05, 3.63) is 83.6 Å². The van der Waals surface area contributed by atoms with Crippen LogP contribution in [0.4, 0.5) is 15.8 Å². The van der Waals surface area contributed by atoms with Crippen molar-refractivity contribution in [2.45, 2.75) is 13.5 Å². The zero-order chi connectivity index (χ0) is 19.7. The number of rotatable bonds is 4. The summed E-state index contributed by atoms with van der Waals surface area (Å²) in [5.41, 5.74) is 10.1. The van der Waals surface area contributed by atoms with Crippen LogP contribution in [0.3, 0.4) is 0 Å². The van der Waals surface area contributed by atoms with Crippen molar-refractivity contribution in [2.24, 2.45) is 0 Å². The molecule has 0 atom stereocenters. The van der Waals surface area contributed by atoms with E-state index in [1.165, 1.54) is 6.07 Å². The number of nitrogens with one attached hydrogen (secondary N) is 1. The largest absolute Gasteiger partial charge is 0.397 e. The lowest BCUT2D eigenvalue weighted by Gasteiger charge is -2.09. The van der Waals surface area contributed by atoms with Gasteiger partial charge >= 0.3 is 0 Å². The smallest absolute Gasteiger partial charge is 0.255 e. The van der Waals surface area contributed by atoms with E-state index in [9.17, 15) is 9.18 Å². The van der Waals surface area contributed by atoms with Crippen molar-refractivity contribution >= 4 is 28.2 Å². The van der Waals surface area contributed by atoms with E-state index in [-0.39, 0.29) is 11.7 Å². The number of fused-ring (bicyclic) bond motifs is 1. The Hall–Kier alpha value is -3.74. The molecular weight excluding hydrogens is 357 g/mol. The van der Waals surface area contributed by atoms with E-state index in [1.807, 2.05) is 25.1 Å². The van der Waals surface area contributed by atoms with E-state index in [2.05, 4.69) is 15.4 Å². The number of hydrogen-bond acceptors (Lipinski definition) is 4. The molecule has 0 fully saturated rings. The van der Waals surface area contributed by atoms with Crippen LogP contribution in [0, 0.1) is 12.7 Å². The second-order valence-electron chi connectivity index (χ2n) is 6.63. The summed E-state index contributed by atoms with van der Waals surface area (Å²) in [5.74, 6) is -0.636. The molecule has 4 aromatic rings. The zero-order valence-corrected chi connectivity index (χ0v) is 15.2. The Bertz CT molecular complexity index is 1180. The van der Waals surface area contributed by atoms with Crippen molar-refractivity contribution in [3.8, 4) is 0 Å². The molecule has 0 radical (unpaired) electrons. The molecule has 2 aromatic heterocycles. The summed E-state index contributed by atoms with van der Waals surface area (Å²) >= 11 is 0. The molecule has 0 aliphatic rings. The van der Waals surface area contributed by atoms with Crippen molar-refractivity contribution < 1.29 is 9.18 Å². The molecule has 1 amide bonds. The number of nitrogens with two attached hydrogens (primary N) is 1. The fourth-order valence-corrected chi connectivity index (χ4v) is 3.06. The van der Waals surface area contributed by atoms with Gasteiger partial charge in [-0.15, -0.1) is 0 Å². The summed E-state index contributed by atoms with van der Waals surface area (Å²) in [6.45, 7) is 2.33. The first kappa shape index (κ1) is 17.7. The van der Waals surface area contributed by atoms with Gasteiger partial charge < -0.3 is 11.1 Å². The van der Waals surface area contributed by atoms with Crippen LogP contribution < -0.4 is 11.1 Å². The van der Waals surface area contributed by atoms with Crippen LogP contribution in [0.5, 0.6) is 0 Å². The lowest BCUT2D eigenvalue weighted by Crippen LogP contribution is -2.13. The van der Waals surface area contributed by atoms with Gasteiger partial charge in [-0.05, 0) is 54.4 Å². The van der Waals surface area contributed by atoms with Crippen molar-refractivity contribution in [1.82, 2.24) is 14.8 Å². The normalized spacial score (nSPS) is 10.9. The lowest BCUT2D eigenvalue weighted by atomic mass is 10.1. The van der Waals surface area contributed by atoms with Crippen molar-refractivity contribution in [1.29, 1.82) is 0 Å². The minimum absolute atomic E-state index is 0.250. The average Bonchev–Trinajstić information content (AvgIpc) is 3.06. The van der Waals surface area contributed by atoms with Gasteiger partial charge in [0.1, 0.15) is 5.82 Å². The highest BCUT2D eigenvalue weighted by molar-refractivity contribution is 6.07. The molecule has 140 valence electrons. The van der Waals surface area contributed by atoms with Gasteiger partial charge in [-0.25, -0.2) is 4.39 Å². The van der Waals surface area contributed by atoms with E-state index in [0.717, 1.165) is 22.7 Å². The molecule has 6 nitrogen and oxygen atoms in total. The van der Waals surface area contributed by atoms with E-state index < -0.39 is 0 Å². The van der Waals surface area contributed by atoms with Gasteiger partial charge in [0.05, 0.1) is 35.8 Å². The molecule has 0 aliphatic heterocycles. The van der Waals surface area contributed by atoms with E-state index >= 15 is 0 Å². The summed E-state index contributed by atoms with van der Waals surface area (Å²) in [6, 6.07) is 12.2. The summed E-state index contributed by atoms with van der Waals surface area (Å²) < 4.78 is 15.1. The summed E-state index contributed by atoms with van der Waals surface area (Å²) in [7, 11) is 0. The standard InChI is InChI=1S/C21H18FN5O/c1-13-2-4-19(18(23)6-13)26-21(28)15-3-5-20-16(8-15)10-25-27(20)12-14-7-17(22)11-24-9-14/h2-11H,12,23H2,1H3,(H,26,28). The summed E-state index contributed by atoms with van der Waals surface area (Å²) in [4.78, 5) is 16.4. The van der Waals surface area contributed by atoms with Gasteiger partial charge in [-0.2, -0.15) is 5.10 Å². The Morgan fingerprint density at radius 1 is 1.14 bits per heavy atom. The van der Waals surface area contributed by atoms with Crippen LogP contribution in [0.15, 0.2) is 61.1 Å². The Morgan fingerprint density at radius 3 is 2.79 bits per heavy atom. The Kier molecular flexibility index (Phi) is 4.49. The number of carbonyl (C=O) groups excluding carboxylic acids is 1. The number of amides is 1. The highest BCUT2D eigenvalue weighted by Gasteiger charge is 2.11. The molecular formula is C21H18FN5O. The maximum Gasteiger partial charge on any atom is 0.255 e. The second kappa shape index (κ2) is 7.11. The molecule has 4 rings (SSSR count). The van der Waals surface area contributed by atoms with E-state index in [1.54, 1.807) is 35.3 Å². The number of anilines is 2. The van der Waals surface area contributed by atoms with Crippen molar-refractivity contribution in [2.75, 3.05) is 11.1 Å². The maximum absolute atomic E-state index is 13.3. The first-order valence-electron chi connectivity index (χ1n) is 8.72. The SMILES string of the molecule is Cc1ccc(NC(=O)c2ccc3c(cnn3Cc3cncc(F)c3)c2)c(N)c1. The highest BCUT2D eigenvalue weighted by Crippen LogP contribution is 2.22. The third-order valence-electron chi connectivity index (χ3n) is 4.45. The number of nitrogens with zero attached hydrogens (tertiary/aromatic N) is 3. The molecule has 0 unspecified atom stereocenters. The van der Waals surface area contributed by atoms with Gasteiger partial charge in [0.15, 0.2) is 0 Å². The molecule has 2 aromatic carbocycles. The predicted octanol–water partition coefficient (Wildman–Crippen LogP) is 3.76. The van der Waals surface area contributed by atoms with E-state index in [0.29, 0.717) is 29.0 Å². The molecule has 3 N–H and O–H groups in total. The van der Waals surface area contributed by atoms with Crippen LogP contribution in [0.25, 0.3) is 10.9 Å². The minimum Gasteiger partial charge on any atom is -0.397 e. The third-order valence-corrected chi connectivity index (χ3v) is 4.45. The van der Waals surface area contributed by atoms with Gasteiger partial charge in [0.25, 0.3) is 5.91 Å². The van der Waals surface area contributed by atoms with E-state index in [4.69, 9.17) is 5.73 Å². The highest BCUT2D eigenvalue weighted by atomic mass is 19.1. The molecule has 0 aliphatic carbocycles. The Balaban J connectivity index is 1.57. The van der Waals surface area contributed by atoms with Crippen LogP contribution in [0.2, 0.25) is 0 Å². The maximum atomic E-state index is 13.3. The number of aryl methyl sites for hydroxylation is 1. The average molecular weight is 375 g/mol. The quantitative estimate of drug-likeness (QED) is 0.532. The number of benzene rings is 2. The second-order valence-corrected chi connectivity index (χ2v) is 6.63. The van der Waals surface area contributed by atoms with Crippen LogP contribution in [-0.4, -0.2) is 20.7 Å². The summed E-state index contributed by atoms with van der Waals surface area (Å²) in [5, 5.41) is 7.99. The molecule has 0 saturated carbocycles. The van der Waals surface area contributed by atoms with Crippen LogP contribution in [0.1, 0.15) is 21.5 Å². The molecule has 28 heavy (non-hydrogen) atoms. The molecule has 0 spiro atoms. The first-order valence-corrected chi connectivity index (χ1v) is 8.72. The number of pyridine rings is 1. The fraction of sp³-hybridized carbons (Fsp3) is 0.0952. The molecule has 0 saturated heterocycles. The van der Waals surface area contributed by atoms with Crippen LogP contribution in [-0.2, 0) is 6.54 Å². The fourth-order valence-electron chi connectivity index (χ4n) is 3.06. The van der Waals surface area contributed by atoms with Gasteiger partial charge in [0.2, 0.25) is 0 Å². The number of halogens is 1.